The molecule has 3 nitrogen and oxygen atoms in total. The number of rotatable bonds is 2. The van der Waals surface area contributed by atoms with Gasteiger partial charge in [-0.2, -0.15) is 0 Å². The largest absolute Gasteiger partial charge is 0.365 e. The van der Waals surface area contributed by atoms with Crippen molar-refractivity contribution in [1.29, 1.82) is 0 Å². The van der Waals surface area contributed by atoms with Crippen LogP contribution in [0, 0.1) is 12.8 Å². The predicted octanol–water partition coefficient (Wildman–Crippen LogP) is 2.92. The fourth-order valence-electron chi connectivity index (χ4n) is 3.41. The van der Waals surface area contributed by atoms with Gasteiger partial charge in [0.2, 0.25) is 0 Å². The van der Waals surface area contributed by atoms with Crippen LogP contribution in [0.3, 0.4) is 0 Å². The minimum Gasteiger partial charge on any atom is -0.365 e. The fraction of sp³-hybridized carbons (Fsp3) is 0.692. The second-order valence-corrected chi connectivity index (χ2v) is 5.40. The lowest BCUT2D eigenvalue weighted by atomic mass is 9.83. The standard InChI is InChI=1S/C13H19N3/c1-10-14-8-5-12(15-10)16-13-6-2-3-11(9-13)4-7-13/h5,8,11H,2-4,6-7,9H2,1H3,(H,14,15,16). The van der Waals surface area contributed by atoms with Gasteiger partial charge in [-0.05, 0) is 44.6 Å². The first kappa shape index (κ1) is 10.1. The summed E-state index contributed by atoms with van der Waals surface area (Å²) in [5, 5.41) is 3.68. The van der Waals surface area contributed by atoms with Crippen LogP contribution in [-0.2, 0) is 0 Å². The maximum atomic E-state index is 4.46. The third-order valence-electron chi connectivity index (χ3n) is 4.15. The van der Waals surface area contributed by atoms with E-state index in [1.54, 1.807) is 0 Å². The molecule has 3 heteroatoms. The van der Waals surface area contributed by atoms with Crippen molar-refractivity contribution in [3.05, 3.63) is 18.1 Å². The number of aromatic nitrogens is 2. The fourth-order valence-corrected chi connectivity index (χ4v) is 3.41. The number of hydrogen-bond donors (Lipinski definition) is 1. The van der Waals surface area contributed by atoms with Gasteiger partial charge in [0.15, 0.2) is 0 Å². The van der Waals surface area contributed by atoms with Gasteiger partial charge in [-0.15, -0.1) is 0 Å². The number of nitrogens with zero attached hydrogens (tertiary/aromatic N) is 2. The topological polar surface area (TPSA) is 37.8 Å². The summed E-state index contributed by atoms with van der Waals surface area (Å²) in [6, 6.07) is 1.99. The highest BCUT2D eigenvalue weighted by atomic mass is 15.1. The van der Waals surface area contributed by atoms with Crippen molar-refractivity contribution < 1.29 is 0 Å². The molecule has 2 atom stereocenters. The zero-order valence-electron chi connectivity index (χ0n) is 9.87. The molecule has 3 rings (SSSR count). The Morgan fingerprint density at radius 3 is 3.19 bits per heavy atom. The first-order chi connectivity index (χ1) is 7.76. The monoisotopic (exact) mass is 217 g/mol. The molecule has 1 aromatic heterocycles. The number of aryl methyl sites for hydroxylation is 1. The Morgan fingerprint density at radius 1 is 1.38 bits per heavy atom. The molecule has 0 amide bonds. The van der Waals surface area contributed by atoms with Crippen molar-refractivity contribution >= 4 is 5.82 Å². The van der Waals surface area contributed by atoms with Crippen molar-refractivity contribution in [3.63, 3.8) is 0 Å². The summed E-state index contributed by atoms with van der Waals surface area (Å²) in [6.07, 6.45) is 10.0. The average Bonchev–Trinajstić information content (AvgIpc) is 2.54. The summed E-state index contributed by atoms with van der Waals surface area (Å²) >= 11 is 0. The van der Waals surface area contributed by atoms with E-state index in [-0.39, 0.29) is 0 Å². The molecule has 2 unspecified atom stereocenters. The molecule has 16 heavy (non-hydrogen) atoms. The third-order valence-corrected chi connectivity index (χ3v) is 4.15. The van der Waals surface area contributed by atoms with Crippen molar-refractivity contribution in [2.75, 3.05) is 5.32 Å². The van der Waals surface area contributed by atoms with E-state index >= 15 is 0 Å². The van der Waals surface area contributed by atoms with Gasteiger partial charge >= 0.3 is 0 Å². The molecule has 2 aliphatic rings. The molecule has 0 radical (unpaired) electrons. The van der Waals surface area contributed by atoms with Crippen LogP contribution >= 0.6 is 0 Å². The minimum atomic E-state index is 0.351. The number of nitrogens with one attached hydrogen (secondary N) is 1. The second-order valence-electron chi connectivity index (χ2n) is 5.40. The normalized spacial score (nSPS) is 32.7. The molecule has 1 N–H and O–H groups in total. The Bertz CT molecular complexity index is 387. The van der Waals surface area contributed by atoms with E-state index in [0.29, 0.717) is 5.54 Å². The number of hydrogen-bond acceptors (Lipinski definition) is 3. The van der Waals surface area contributed by atoms with E-state index in [2.05, 4.69) is 15.3 Å². The van der Waals surface area contributed by atoms with Crippen LogP contribution in [0.5, 0.6) is 0 Å². The molecular formula is C13H19N3. The zero-order chi connectivity index (χ0) is 11.0. The van der Waals surface area contributed by atoms with Crippen molar-refractivity contribution in [1.82, 2.24) is 9.97 Å². The average molecular weight is 217 g/mol. The summed E-state index contributed by atoms with van der Waals surface area (Å²) < 4.78 is 0. The predicted molar refractivity (Wildman–Crippen MR) is 64.3 cm³/mol. The van der Waals surface area contributed by atoms with Gasteiger partial charge in [0.25, 0.3) is 0 Å². The molecule has 2 saturated carbocycles. The van der Waals surface area contributed by atoms with Gasteiger partial charge in [-0.25, -0.2) is 9.97 Å². The Labute approximate surface area is 96.7 Å². The van der Waals surface area contributed by atoms with E-state index in [9.17, 15) is 0 Å². The minimum absolute atomic E-state index is 0.351. The Balaban J connectivity index is 1.79. The van der Waals surface area contributed by atoms with Gasteiger partial charge in [-0.1, -0.05) is 12.8 Å². The van der Waals surface area contributed by atoms with Crippen molar-refractivity contribution in [2.45, 2.75) is 51.0 Å². The van der Waals surface area contributed by atoms with E-state index in [0.717, 1.165) is 17.6 Å². The van der Waals surface area contributed by atoms with E-state index in [1.807, 2.05) is 19.2 Å². The third kappa shape index (κ3) is 1.79. The molecule has 2 aliphatic carbocycles. The van der Waals surface area contributed by atoms with Crippen LogP contribution in [-0.4, -0.2) is 15.5 Å². The van der Waals surface area contributed by atoms with E-state index in [1.165, 1.54) is 38.5 Å². The summed E-state index contributed by atoms with van der Waals surface area (Å²) in [4.78, 5) is 8.60. The highest BCUT2D eigenvalue weighted by molar-refractivity contribution is 5.37. The maximum absolute atomic E-state index is 4.46. The summed E-state index contributed by atoms with van der Waals surface area (Å²) in [6.45, 7) is 1.95. The molecule has 1 aromatic rings. The smallest absolute Gasteiger partial charge is 0.130 e. The van der Waals surface area contributed by atoms with Gasteiger partial charge in [0.05, 0.1) is 0 Å². The van der Waals surface area contributed by atoms with Gasteiger partial charge in [0, 0.05) is 11.7 Å². The lowest BCUT2D eigenvalue weighted by molar-refractivity contribution is 0.331. The van der Waals surface area contributed by atoms with Crippen LogP contribution in [0.25, 0.3) is 0 Å². The molecule has 0 aromatic carbocycles. The highest BCUT2D eigenvalue weighted by Gasteiger charge is 2.41. The van der Waals surface area contributed by atoms with Crippen LogP contribution in [0.4, 0.5) is 5.82 Å². The Hall–Kier alpha value is -1.12. The first-order valence-electron chi connectivity index (χ1n) is 6.34. The van der Waals surface area contributed by atoms with Crippen molar-refractivity contribution in [2.24, 2.45) is 5.92 Å². The van der Waals surface area contributed by atoms with E-state index in [4.69, 9.17) is 0 Å². The van der Waals surface area contributed by atoms with Crippen LogP contribution in [0.15, 0.2) is 12.3 Å². The van der Waals surface area contributed by atoms with Gasteiger partial charge < -0.3 is 5.32 Å². The Kier molecular flexibility index (Phi) is 2.34. The molecule has 0 aliphatic heterocycles. The second kappa shape index (κ2) is 3.72. The molecule has 1 heterocycles. The molecule has 2 bridgehead atoms. The molecule has 86 valence electrons. The van der Waals surface area contributed by atoms with E-state index < -0.39 is 0 Å². The Morgan fingerprint density at radius 2 is 2.31 bits per heavy atom. The number of fused-ring (bicyclic) bond motifs is 2. The van der Waals surface area contributed by atoms with Crippen LogP contribution < -0.4 is 5.32 Å². The molecule has 0 saturated heterocycles. The zero-order valence-corrected chi connectivity index (χ0v) is 9.87. The number of anilines is 1. The van der Waals surface area contributed by atoms with Crippen molar-refractivity contribution in [3.8, 4) is 0 Å². The summed E-state index contributed by atoms with van der Waals surface area (Å²) in [5.41, 5.74) is 0.351. The quantitative estimate of drug-likeness (QED) is 0.827. The highest BCUT2D eigenvalue weighted by Crippen LogP contribution is 2.46. The lowest BCUT2D eigenvalue weighted by Crippen LogP contribution is -2.37. The van der Waals surface area contributed by atoms with Gasteiger partial charge in [0.1, 0.15) is 11.6 Å². The van der Waals surface area contributed by atoms with Crippen LogP contribution in [0.2, 0.25) is 0 Å². The van der Waals surface area contributed by atoms with Crippen LogP contribution in [0.1, 0.15) is 44.3 Å². The SMILES string of the molecule is Cc1nccc(NC23CCCC(CC2)C3)n1. The molecule has 0 spiro atoms. The molecular weight excluding hydrogens is 198 g/mol. The van der Waals surface area contributed by atoms with Gasteiger partial charge in [-0.3, -0.25) is 0 Å². The maximum Gasteiger partial charge on any atom is 0.130 e. The summed E-state index contributed by atoms with van der Waals surface area (Å²) in [7, 11) is 0. The lowest BCUT2D eigenvalue weighted by Gasteiger charge is -2.34. The molecule has 2 fully saturated rings. The summed E-state index contributed by atoms with van der Waals surface area (Å²) in [5.74, 6) is 2.82. The first-order valence-corrected chi connectivity index (χ1v) is 6.34.